The minimum Gasteiger partial charge on any atom is -0.508 e. The number of fused-ring (bicyclic) bond motifs is 3. The van der Waals surface area contributed by atoms with Gasteiger partial charge in [0.05, 0.1) is 0 Å². The Labute approximate surface area is 188 Å². The summed E-state index contributed by atoms with van der Waals surface area (Å²) in [5.41, 5.74) is 12.6. The van der Waals surface area contributed by atoms with Gasteiger partial charge in [0, 0.05) is 0 Å². The summed E-state index contributed by atoms with van der Waals surface area (Å²) in [7, 11) is 0. The van der Waals surface area contributed by atoms with Gasteiger partial charge in [0.15, 0.2) is 0 Å². The lowest BCUT2D eigenvalue weighted by Gasteiger charge is -2.21. The van der Waals surface area contributed by atoms with Gasteiger partial charge < -0.3 is 5.11 Å². The second-order valence-electron chi connectivity index (χ2n) is 8.31. The molecule has 5 aromatic carbocycles. The normalized spacial score (nSPS) is 11.8. The highest BCUT2D eigenvalue weighted by molar-refractivity contribution is 6.01. The summed E-state index contributed by atoms with van der Waals surface area (Å²) < 4.78 is 0. The van der Waals surface area contributed by atoms with Gasteiger partial charge in [-0.2, -0.15) is 0 Å². The Kier molecular flexibility index (Phi) is 4.40. The minimum absolute atomic E-state index is 0.286. The van der Waals surface area contributed by atoms with Crippen LogP contribution in [0, 0.1) is 0 Å². The van der Waals surface area contributed by atoms with E-state index in [2.05, 4.69) is 91.0 Å². The topological polar surface area (TPSA) is 20.2 Å². The second kappa shape index (κ2) is 7.55. The Balaban J connectivity index is 1.76. The van der Waals surface area contributed by atoms with Crippen LogP contribution in [0.3, 0.4) is 0 Å². The summed E-state index contributed by atoms with van der Waals surface area (Å²) >= 11 is 0. The van der Waals surface area contributed by atoms with Crippen molar-refractivity contribution in [1.82, 2.24) is 0 Å². The first-order valence-corrected chi connectivity index (χ1v) is 11.0. The van der Waals surface area contributed by atoms with Gasteiger partial charge in [-0.1, -0.05) is 97.1 Å². The van der Waals surface area contributed by atoms with Crippen molar-refractivity contribution in [3.05, 3.63) is 126 Å². The van der Waals surface area contributed by atoms with Crippen LogP contribution in [-0.2, 0) is 6.42 Å². The van der Waals surface area contributed by atoms with Crippen LogP contribution < -0.4 is 0 Å². The summed E-state index contributed by atoms with van der Waals surface area (Å²) in [5, 5.41) is 9.96. The summed E-state index contributed by atoms with van der Waals surface area (Å²) in [5.74, 6) is 0.286. The molecular formula is C31H22O. The van der Waals surface area contributed by atoms with Gasteiger partial charge in [0.2, 0.25) is 0 Å². The van der Waals surface area contributed by atoms with Gasteiger partial charge >= 0.3 is 0 Å². The van der Waals surface area contributed by atoms with Crippen LogP contribution >= 0.6 is 0 Å². The Hall–Kier alpha value is -4.10. The van der Waals surface area contributed by atoms with Crippen LogP contribution in [0.2, 0.25) is 0 Å². The minimum atomic E-state index is 0.286. The quantitative estimate of drug-likeness (QED) is 0.314. The molecule has 32 heavy (non-hydrogen) atoms. The lowest BCUT2D eigenvalue weighted by Crippen LogP contribution is -1.96. The van der Waals surface area contributed by atoms with Crippen molar-refractivity contribution in [3.8, 4) is 50.3 Å². The van der Waals surface area contributed by atoms with Crippen LogP contribution in [0.4, 0.5) is 0 Å². The maximum Gasteiger partial charge on any atom is 0.115 e. The molecule has 0 fully saturated rings. The van der Waals surface area contributed by atoms with E-state index in [4.69, 9.17) is 0 Å². The number of phenolic OH excluding ortho intramolecular Hbond substituents is 1. The van der Waals surface area contributed by atoms with E-state index in [-0.39, 0.29) is 5.75 Å². The molecule has 0 aliphatic heterocycles. The first-order chi connectivity index (χ1) is 15.8. The predicted octanol–water partition coefficient (Wildman–Crippen LogP) is 7.96. The molecule has 6 rings (SSSR count). The molecule has 1 N–H and O–H groups in total. The summed E-state index contributed by atoms with van der Waals surface area (Å²) in [6.45, 7) is 0. The first kappa shape index (κ1) is 18.7. The Bertz CT molecular complexity index is 1420. The molecule has 0 aromatic heterocycles. The molecule has 0 radical (unpaired) electrons. The molecule has 0 heterocycles. The van der Waals surface area contributed by atoms with Crippen molar-refractivity contribution in [2.45, 2.75) is 6.42 Å². The molecular weight excluding hydrogens is 388 g/mol. The van der Waals surface area contributed by atoms with Gasteiger partial charge in [0.1, 0.15) is 5.75 Å². The van der Waals surface area contributed by atoms with Gasteiger partial charge in [-0.25, -0.2) is 0 Å². The van der Waals surface area contributed by atoms with Gasteiger partial charge in [-0.05, 0) is 80.3 Å². The SMILES string of the molecule is Oc1ccc(-c2c3c(cc(-c4ccccc4)c2-c2ccccc2)-c2ccccc2C3)cc1. The zero-order chi connectivity index (χ0) is 21.5. The molecule has 1 aliphatic rings. The highest BCUT2D eigenvalue weighted by atomic mass is 16.3. The van der Waals surface area contributed by atoms with E-state index in [1.807, 2.05) is 12.1 Å². The Morgan fingerprint density at radius 3 is 1.78 bits per heavy atom. The van der Waals surface area contributed by atoms with Crippen molar-refractivity contribution in [2.75, 3.05) is 0 Å². The molecule has 0 spiro atoms. The molecule has 0 atom stereocenters. The molecule has 0 saturated carbocycles. The van der Waals surface area contributed by atoms with Gasteiger partial charge in [0.25, 0.3) is 0 Å². The van der Waals surface area contributed by atoms with Gasteiger partial charge in [-0.15, -0.1) is 0 Å². The van der Waals surface area contributed by atoms with Crippen LogP contribution in [-0.4, -0.2) is 5.11 Å². The lowest BCUT2D eigenvalue weighted by molar-refractivity contribution is 0.475. The third kappa shape index (κ3) is 3.02. The fourth-order valence-electron chi connectivity index (χ4n) is 4.97. The summed E-state index contributed by atoms with van der Waals surface area (Å²) in [6, 6.07) is 40.1. The molecule has 0 amide bonds. The van der Waals surface area contributed by atoms with Gasteiger partial charge in [-0.3, -0.25) is 0 Å². The highest BCUT2D eigenvalue weighted by Gasteiger charge is 2.27. The number of aromatic hydroxyl groups is 1. The molecule has 152 valence electrons. The molecule has 0 bridgehead atoms. The zero-order valence-corrected chi connectivity index (χ0v) is 17.6. The maximum absolute atomic E-state index is 9.96. The van der Waals surface area contributed by atoms with Crippen LogP contribution in [0.15, 0.2) is 115 Å². The van der Waals surface area contributed by atoms with E-state index in [0.29, 0.717) is 0 Å². The van der Waals surface area contributed by atoms with Crippen LogP contribution in [0.25, 0.3) is 44.5 Å². The highest BCUT2D eigenvalue weighted by Crippen LogP contribution is 2.50. The maximum atomic E-state index is 9.96. The van der Waals surface area contributed by atoms with E-state index in [1.54, 1.807) is 12.1 Å². The van der Waals surface area contributed by atoms with E-state index in [0.717, 1.165) is 12.0 Å². The van der Waals surface area contributed by atoms with E-state index in [9.17, 15) is 5.11 Å². The number of hydrogen-bond donors (Lipinski definition) is 1. The number of rotatable bonds is 3. The number of benzene rings is 5. The van der Waals surface area contributed by atoms with E-state index >= 15 is 0 Å². The standard InChI is InChI=1S/C31H22O/c32-25-17-15-23(16-18-25)31-29-19-24-13-7-8-14-26(24)28(29)20-27(21-9-3-1-4-10-21)30(31)22-11-5-2-6-12-22/h1-18,20,32H,19H2. The molecule has 0 saturated heterocycles. The zero-order valence-electron chi connectivity index (χ0n) is 17.6. The fourth-order valence-corrected chi connectivity index (χ4v) is 4.97. The number of phenols is 1. The summed E-state index contributed by atoms with van der Waals surface area (Å²) in [4.78, 5) is 0. The van der Waals surface area contributed by atoms with Crippen LogP contribution in [0.1, 0.15) is 11.1 Å². The van der Waals surface area contributed by atoms with Crippen molar-refractivity contribution >= 4 is 0 Å². The Morgan fingerprint density at radius 2 is 1.06 bits per heavy atom. The van der Waals surface area contributed by atoms with Crippen molar-refractivity contribution in [2.24, 2.45) is 0 Å². The summed E-state index contributed by atoms with van der Waals surface area (Å²) in [6.07, 6.45) is 0.913. The fraction of sp³-hybridized carbons (Fsp3) is 0.0323. The number of hydrogen-bond acceptors (Lipinski definition) is 1. The third-order valence-corrected chi connectivity index (χ3v) is 6.41. The first-order valence-electron chi connectivity index (χ1n) is 11.0. The average molecular weight is 411 g/mol. The van der Waals surface area contributed by atoms with E-state index in [1.165, 1.54) is 50.1 Å². The molecule has 1 aliphatic carbocycles. The largest absolute Gasteiger partial charge is 0.508 e. The van der Waals surface area contributed by atoms with Crippen molar-refractivity contribution in [1.29, 1.82) is 0 Å². The third-order valence-electron chi connectivity index (χ3n) is 6.41. The van der Waals surface area contributed by atoms with Crippen molar-refractivity contribution < 1.29 is 5.11 Å². The van der Waals surface area contributed by atoms with Crippen molar-refractivity contribution in [3.63, 3.8) is 0 Å². The molecule has 0 unspecified atom stereocenters. The smallest absolute Gasteiger partial charge is 0.115 e. The molecule has 5 aromatic rings. The Morgan fingerprint density at radius 1 is 0.469 bits per heavy atom. The van der Waals surface area contributed by atoms with E-state index < -0.39 is 0 Å². The second-order valence-corrected chi connectivity index (χ2v) is 8.31. The molecule has 1 heteroatoms. The monoisotopic (exact) mass is 410 g/mol. The average Bonchev–Trinajstić information content (AvgIpc) is 3.23. The molecule has 1 nitrogen and oxygen atoms in total. The lowest BCUT2D eigenvalue weighted by atomic mass is 9.82. The van der Waals surface area contributed by atoms with Crippen LogP contribution in [0.5, 0.6) is 5.75 Å². The predicted molar refractivity (Wildman–Crippen MR) is 133 cm³/mol.